The van der Waals surface area contributed by atoms with Gasteiger partial charge in [-0.1, -0.05) is 85.5 Å². The Balaban J connectivity index is 1.87. The second-order valence-corrected chi connectivity index (χ2v) is 11.1. The van der Waals surface area contributed by atoms with Gasteiger partial charge in [0.2, 0.25) is 0 Å². The minimum Gasteiger partial charge on any atom is -0.0654 e. The van der Waals surface area contributed by atoms with E-state index in [9.17, 15) is 0 Å². The highest BCUT2D eigenvalue weighted by Crippen LogP contribution is 2.68. The van der Waals surface area contributed by atoms with E-state index in [1.54, 1.807) is 32.1 Å². The van der Waals surface area contributed by atoms with Gasteiger partial charge in [-0.3, -0.25) is 0 Å². The molecule has 3 saturated carbocycles. The zero-order valence-electron chi connectivity index (χ0n) is 19.3. The van der Waals surface area contributed by atoms with E-state index in [1.807, 2.05) is 0 Å². The van der Waals surface area contributed by atoms with Crippen molar-refractivity contribution >= 4 is 0 Å². The van der Waals surface area contributed by atoms with Gasteiger partial charge in [0.05, 0.1) is 0 Å². The van der Waals surface area contributed by atoms with Gasteiger partial charge in [-0.2, -0.15) is 0 Å². The molecular formula is C27H50. The fourth-order valence-electron chi connectivity index (χ4n) is 8.51. The number of rotatable bonds is 9. The molecule has 3 fully saturated rings. The van der Waals surface area contributed by atoms with Gasteiger partial charge in [0.1, 0.15) is 0 Å². The van der Waals surface area contributed by atoms with Crippen molar-refractivity contribution in [2.75, 3.05) is 0 Å². The van der Waals surface area contributed by atoms with Crippen molar-refractivity contribution in [2.24, 2.45) is 34.5 Å². The van der Waals surface area contributed by atoms with E-state index in [2.05, 4.69) is 27.7 Å². The summed E-state index contributed by atoms with van der Waals surface area (Å²) in [6, 6.07) is 0. The van der Waals surface area contributed by atoms with Crippen molar-refractivity contribution < 1.29 is 0 Å². The molecule has 158 valence electrons. The summed E-state index contributed by atoms with van der Waals surface area (Å²) in [4.78, 5) is 0. The molecule has 0 amide bonds. The second kappa shape index (κ2) is 9.67. The Morgan fingerprint density at radius 3 is 2.26 bits per heavy atom. The summed E-state index contributed by atoms with van der Waals surface area (Å²) in [7, 11) is 0. The smallest absolute Gasteiger partial charge is 0.0210 e. The first kappa shape index (κ1) is 21.7. The molecule has 4 atom stereocenters. The third-order valence-electron chi connectivity index (χ3n) is 10.1. The molecule has 3 aliphatic rings. The fraction of sp³-hybridized carbons (Fsp3) is 1.00. The molecule has 0 N–H and O–H groups in total. The first-order chi connectivity index (χ1) is 13.1. The van der Waals surface area contributed by atoms with Crippen LogP contribution in [-0.4, -0.2) is 0 Å². The van der Waals surface area contributed by atoms with Gasteiger partial charge in [-0.15, -0.1) is 0 Å². The van der Waals surface area contributed by atoms with Crippen LogP contribution < -0.4 is 0 Å². The van der Waals surface area contributed by atoms with E-state index >= 15 is 0 Å². The highest BCUT2D eigenvalue weighted by molar-refractivity contribution is 5.08. The van der Waals surface area contributed by atoms with Crippen LogP contribution in [0, 0.1) is 34.5 Å². The molecule has 0 bridgehead atoms. The molecule has 0 aliphatic heterocycles. The summed E-state index contributed by atoms with van der Waals surface area (Å²) < 4.78 is 0. The van der Waals surface area contributed by atoms with Crippen molar-refractivity contribution in [2.45, 2.75) is 137 Å². The van der Waals surface area contributed by atoms with Gasteiger partial charge in [0, 0.05) is 0 Å². The summed E-state index contributed by atoms with van der Waals surface area (Å²) in [6.07, 6.45) is 25.7. The van der Waals surface area contributed by atoms with Crippen molar-refractivity contribution in [3.8, 4) is 0 Å². The molecule has 3 rings (SSSR count). The van der Waals surface area contributed by atoms with Gasteiger partial charge < -0.3 is 0 Å². The standard InChI is InChI=1S/C27H50/c1-5-7-8-10-19-26(6-2,23(4)24-17-15-22(3)16-18-24)27-20-11-9-13-25(27)14-12-21-27/h22-25H,5-21H2,1-4H3. The lowest BCUT2D eigenvalue weighted by atomic mass is 9.45. The Bertz CT molecular complexity index is 431. The van der Waals surface area contributed by atoms with Crippen LogP contribution in [0.25, 0.3) is 0 Å². The minimum atomic E-state index is 0.646. The molecule has 0 nitrogen and oxygen atoms in total. The lowest BCUT2D eigenvalue weighted by Gasteiger charge is -2.59. The van der Waals surface area contributed by atoms with Crippen molar-refractivity contribution in [3.63, 3.8) is 0 Å². The molecule has 0 saturated heterocycles. The van der Waals surface area contributed by atoms with Gasteiger partial charge in [-0.25, -0.2) is 0 Å². The predicted octanol–water partition coefficient (Wildman–Crippen LogP) is 9.18. The summed E-state index contributed by atoms with van der Waals surface area (Å²) >= 11 is 0. The summed E-state index contributed by atoms with van der Waals surface area (Å²) in [6.45, 7) is 10.2. The molecule has 3 aliphatic carbocycles. The molecule has 0 aromatic carbocycles. The fourth-order valence-corrected chi connectivity index (χ4v) is 8.51. The molecule has 0 radical (unpaired) electrons. The maximum absolute atomic E-state index is 2.74. The summed E-state index contributed by atoms with van der Waals surface area (Å²) in [5, 5.41) is 0. The van der Waals surface area contributed by atoms with Crippen LogP contribution >= 0.6 is 0 Å². The van der Waals surface area contributed by atoms with E-state index in [0.717, 1.165) is 23.7 Å². The molecule has 0 heteroatoms. The highest BCUT2D eigenvalue weighted by atomic mass is 14.6. The maximum atomic E-state index is 2.74. The van der Waals surface area contributed by atoms with Crippen LogP contribution in [-0.2, 0) is 0 Å². The van der Waals surface area contributed by atoms with Crippen LogP contribution in [0.1, 0.15) is 137 Å². The molecular weight excluding hydrogens is 324 g/mol. The SMILES string of the molecule is CCCCCCC(CC)(C(C)C1CCC(C)CC1)C12CCCCC1CCC2. The van der Waals surface area contributed by atoms with E-state index < -0.39 is 0 Å². The molecule has 4 unspecified atom stereocenters. The molecule has 0 aromatic heterocycles. The average molecular weight is 375 g/mol. The molecule has 0 aromatic rings. The monoisotopic (exact) mass is 374 g/mol. The largest absolute Gasteiger partial charge is 0.0654 e. The van der Waals surface area contributed by atoms with E-state index in [4.69, 9.17) is 0 Å². The quantitative estimate of drug-likeness (QED) is 0.353. The van der Waals surface area contributed by atoms with Crippen molar-refractivity contribution in [1.29, 1.82) is 0 Å². The first-order valence-electron chi connectivity index (χ1n) is 13.1. The lowest BCUT2D eigenvalue weighted by Crippen LogP contribution is -2.51. The maximum Gasteiger partial charge on any atom is -0.0210 e. The Hall–Kier alpha value is 0. The van der Waals surface area contributed by atoms with Crippen LogP contribution in [0.15, 0.2) is 0 Å². The lowest BCUT2D eigenvalue weighted by molar-refractivity contribution is -0.105. The Morgan fingerprint density at radius 2 is 1.56 bits per heavy atom. The van der Waals surface area contributed by atoms with Gasteiger partial charge in [0.25, 0.3) is 0 Å². The van der Waals surface area contributed by atoms with Crippen LogP contribution in [0.5, 0.6) is 0 Å². The predicted molar refractivity (Wildman–Crippen MR) is 120 cm³/mol. The number of hydrogen-bond acceptors (Lipinski definition) is 0. The van der Waals surface area contributed by atoms with Gasteiger partial charge in [0.15, 0.2) is 0 Å². The average Bonchev–Trinajstić information content (AvgIpc) is 3.14. The number of hydrogen-bond donors (Lipinski definition) is 0. The van der Waals surface area contributed by atoms with Gasteiger partial charge in [-0.05, 0) is 85.9 Å². The minimum absolute atomic E-state index is 0.646. The molecule has 27 heavy (non-hydrogen) atoms. The van der Waals surface area contributed by atoms with Crippen LogP contribution in [0.4, 0.5) is 0 Å². The third-order valence-corrected chi connectivity index (χ3v) is 10.1. The summed E-state index contributed by atoms with van der Waals surface area (Å²) in [5.41, 5.74) is 1.36. The number of unbranched alkanes of at least 4 members (excludes halogenated alkanes) is 3. The van der Waals surface area contributed by atoms with Crippen molar-refractivity contribution in [3.05, 3.63) is 0 Å². The number of fused-ring (bicyclic) bond motifs is 1. The topological polar surface area (TPSA) is 0 Å². The second-order valence-electron chi connectivity index (χ2n) is 11.1. The molecule has 0 spiro atoms. The Morgan fingerprint density at radius 1 is 0.852 bits per heavy atom. The van der Waals surface area contributed by atoms with E-state index in [1.165, 1.54) is 77.0 Å². The van der Waals surface area contributed by atoms with E-state index in [0.29, 0.717) is 10.8 Å². The first-order valence-corrected chi connectivity index (χ1v) is 13.1. The zero-order valence-corrected chi connectivity index (χ0v) is 19.3. The molecule has 0 heterocycles. The van der Waals surface area contributed by atoms with Gasteiger partial charge >= 0.3 is 0 Å². The van der Waals surface area contributed by atoms with Crippen LogP contribution in [0.2, 0.25) is 0 Å². The Kier molecular flexibility index (Phi) is 7.77. The zero-order chi connectivity index (χ0) is 19.3. The van der Waals surface area contributed by atoms with E-state index in [-0.39, 0.29) is 0 Å². The highest BCUT2D eigenvalue weighted by Gasteiger charge is 2.59. The Labute approximate surface area is 171 Å². The van der Waals surface area contributed by atoms with Crippen LogP contribution in [0.3, 0.4) is 0 Å². The summed E-state index contributed by atoms with van der Waals surface area (Å²) in [5.74, 6) is 4.03. The third kappa shape index (κ3) is 4.16. The van der Waals surface area contributed by atoms with Crippen molar-refractivity contribution in [1.82, 2.24) is 0 Å². The normalized spacial score (nSPS) is 37.6.